The third kappa shape index (κ3) is 4.44. The van der Waals surface area contributed by atoms with Crippen molar-refractivity contribution in [2.75, 3.05) is 13.1 Å². The Morgan fingerprint density at radius 3 is 2.71 bits per heavy atom. The average Bonchev–Trinajstić information content (AvgIpc) is 2.58. The lowest BCUT2D eigenvalue weighted by Crippen LogP contribution is -2.28. The van der Waals surface area contributed by atoms with Gasteiger partial charge in [-0.2, -0.15) is 0 Å². The summed E-state index contributed by atoms with van der Waals surface area (Å²) < 4.78 is 0. The molecule has 0 saturated heterocycles. The monoisotopic (exact) mass is 255 g/mol. The van der Waals surface area contributed by atoms with Gasteiger partial charge in [0.1, 0.15) is 0 Å². The van der Waals surface area contributed by atoms with Gasteiger partial charge in [-0.15, -0.1) is 11.3 Å². The van der Waals surface area contributed by atoms with Crippen molar-refractivity contribution < 1.29 is 4.79 Å². The number of amides is 1. The number of nitrogens with one attached hydrogen (secondary N) is 2. The van der Waals surface area contributed by atoms with Crippen LogP contribution in [0.15, 0.2) is 0 Å². The fourth-order valence-electron chi connectivity index (χ4n) is 1.73. The Bertz CT molecular complexity index is 376. The maximum atomic E-state index is 11.3. The smallest absolute Gasteiger partial charge is 0.221 e. The van der Waals surface area contributed by atoms with Crippen molar-refractivity contribution in [1.29, 1.82) is 0 Å². The number of carbonyl (C=O) groups is 1. The van der Waals surface area contributed by atoms with E-state index >= 15 is 0 Å². The summed E-state index contributed by atoms with van der Waals surface area (Å²) in [6, 6.07) is 0.203. The highest BCUT2D eigenvalue weighted by Gasteiger charge is 2.12. The number of hydrogen-bond donors (Lipinski definition) is 2. The minimum atomic E-state index is 0.0957. The molecule has 17 heavy (non-hydrogen) atoms. The molecule has 5 heteroatoms. The first-order valence-electron chi connectivity index (χ1n) is 5.98. The fourth-order valence-corrected chi connectivity index (χ4v) is 2.65. The summed E-state index contributed by atoms with van der Waals surface area (Å²) in [6.45, 7) is 9.49. The summed E-state index contributed by atoms with van der Waals surface area (Å²) >= 11 is 1.72. The fraction of sp³-hybridized carbons (Fsp3) is 0.667. The summed E-state index contributed by atoms with van der Waals surface area (Å²) in [4.78, 5) is 17.0. The molecule has 1 aromatic heterocycles. The Kier molecular flexibility index (Phi) is 5.58. The number of hydrogen-bond acceptors (Lipinski definition) is 4. The van der Waals surface area contributed by atoms with Gasteiger partial charge < -0.3 is 10.6 Å². The zero-order chi connectivity index (χ0) is 12.8. The molecule has 2 N–H and O–H groups in total. The van der Waals surface area contributed by atoms with Gasteiger partial charge in [0.25, 0.3) is 0 Å². The molecule has 0 saturated carbocycles. The Morgan fingerprint density at radius 2 is 2.18 bits per heavy atom. The first-order valence-corrected chi connectivity index (χ1v) is 6.80. The Hall–Kier alpha value is -0.940. The summed E-state index contributed by atoms with van der Waals surface area (Å²) in [5.41, 5.74) is 1.10. The van der Waals surface area contributed by atoms with E-state index in [0.29, 0.717) is 19.5 Å². The van der Waals surface area contributed by atoms with Crippen molar-refractivity contribution in [2.45, 2.75) is 40.2 Å². The third-order valence-corrected chi connectivity index (χ3v) is 3.43. The predicted molar refractivity (Wildman–Crippen MR) is 71.3 cm³/mol. The van der Waals surface area contributed by atoms with Crippen LogP contribution in [0.5, 0.6) is 0 Å². The van der Waals surface area contributed by atoms with Gasteiger partial charge in [0.05, 0.1) is 10.7 Å². The molecule has 0 bridgehead atoms. The number of aromatic nitrogens is 1. The van der Waals surface area contributed by atoms with Crippen LogP contribution in [-0.4, -0.2) is 24.0 Å². The van der Waals surface area contributed by atoms with Gasteiger partial charge in [0.15, 0.2) is 0 Å². The third-order valence-electron chi connectivity index (χ3n) is 2.53. The Morgan fingerprint density at radius 1 is 1.47 bits per heavy atom. The molecule has 1 unspecified atom stereocenters. The van der Waals surface area contributed by atoms with Gasteiger partial charge >= 0.3 is 0 Å². The van der Waals surface area contributed by atoms with E-state index in [1.807, 2.05) is 13.8 Å². The normalized spacial score (nSPS) is 12.5. The van der Waals surface area contributed by atoms with Crippen LogP contribution in [0, 0.1) is 13.8 Å². The van der Waals surface area contributed by atoms with Crippen LogP contribution in [0.25, 0.3) is 0 Å². The molecule has 1 rings (SSSR count). The highest BCUT2D eigenvalue weighted by atomic mass is 32.1. The van der Waals surface area contributed by atoms with Crippen molar-refractivity contribution >= 4 is 17.2 Å². The highest BCUT2D eigenvalue weighted by molar-refractivity contribution is 7.11. The number of aryl methyl sites for hydroxylation is 2. The minimum absolute atomic E-state index is 0.0957. The molecule has 1 atom stereocenters. The minimum Gasteiger partial charge on any atom is -0.356 e. The largest absolute Gasteiger partial charge is 0.356 e. The quantitative estimate of drug-likeness (QED) is 0.817. The van der Waals surface area contributed by atoms with Crippen LogP contribution in [0.2, 0.25) is 0 Å². The topological polar surface area (TPSA) is 54.0 Å². The second-order valence-electron chi connectivity index (χ2n) is 4.05. The van der Waals surface area contributed by atoms with E-state index in [-0.39, 0.29) is 11.9 Å². The summed E-state index contributed by atoms with van der Waals surface area (Å²) in [5, 5.41) is 7.20. The molecule has 1 aromatic rings. The van der Waals surface area contributed by atoms with Crippen molar-refractivity contribution in [2.24, 2.45) is 0 Å². The second kappa shape index (κ2) is 6.71. The lowest BCUT2D eigenvalue weighted by atomic mass is 10.2. The molecule has 1 heterocycles. The number of nitrogens with zero attached hydrogens (tertiary/aromatic N) is 1. The molecule has 0 aliphatic heterocycles. The van der Waals surface area contributed by atoms with Crippen LogP contribution in [-0.2, 0) is 4.79 Å². The van der Waals surface area contributed by atoms with Gasteiger partial charge in [0.2, 0.25) is 5.91 Å². The zero-order valence-electron chi connectivity index (χ0n) is 11.0. The van der Waals surface area contributed by atoms with Crippen LogP contribution in [0.1, 0.15) is 41.9 Å². The Balaban J connectivity index is 2.37. The van der Waals surface area contributed by atoms with Gasteiger partial charge in [0, 0.05) is 30.4 Å². The van der Waals surface area contributed by atoms with Crippen LogP contribution < -0.4 is 10.6 Å². The van der Waals surface area contributed by atoms with Crippen molar-refractivity contribution in [3.8, 4) is 0 Å². The van der Waals surface area contributed by atoms with Crippen LogP contribution in [0.3, 0.4) is 0 Å². The Labute approximate surface area is 107 Å². The van der Waals surface area contributed by atoms with Crippen molar-refractivity contribution in [1.82, 2.24) is 15.6 Å². The van der Waals surface area contributed by atoms with Crippen molar-refractivity contribution in [3.05, 3.63) is 15.6 Å². The second-order valence-corrected chi connectivity index (χ2v) is 5.46. The maximum absolute atomic E-state index is 11.3. The zero-order valence-corrected chi connectivity index (χ0v) is 11.8. The van der Waals surface area contributed by atoms with Crippen LogP contribution in [0.4, 0.5) is 0 Å². The van der Waals surface area contributed by atoms with Crippen LogP contribution >= 0.6 is 11.3 Å². The van der Waals surface area contributed by atoms with Gasteiger partial charge in [-0.3, -0.25) is 4.79 Å². The molecule has 4 nitrogen and oxygen atoms in total. The summed E-state index contributed by atoms with van der Waals surface area (Å²) in [5.74, 6) is 0.0957. The SMILES string of the molecule is CCNC(=O)CCNC(C)c1nc(C)sc1C. The standard InChI is InChI=1S/C12H21N3OS/c1-5-13-11(16)6-7-14-8(2)12-9(3)17-10(4)15-12/h8,14H,5-7H2,1-4H3,(H,13,16). The molecular formula is C12H21N3OS. The average molecular weight is 255 g/mol. The van der Waals surface area contributed by atoms with E-state index < -0.39 is 0 Å². The molecule has 0 radical (unpaired) electrons. The summed E-state index contributed by atoms with van der Waals surface area (Å²) in [6.07, 6.45) is 0.514. The van der Waals surface area contributed by atoms with E-state index in [4.69, 9.17) is 0 Å². The number of carbonyl (C=O) groups excluding carboxylic acids is 1. The lowest BCUT2D eigenvalue weighted by Gasteiger charge is -2.12. The molecule has 0 spiro atoms. The molecule has 0 aromatic carbocycles. The van der Waals surface area contributed by atoms with Gasteiger partial charge in [-0.1, -0.05) is 0 Å². The highest BCUT2D eigenvalue weighted by Crippen LogP contribution is 2.22. The molecule has 0 fully saturated rings. The van der Waals surface area contributed by atoms with E-state index in [9.17, 15) is 4.79 Å². The van der Waals surface area contributed by atoms with E-state index in [1.165, 1.54) is 4.88 Å². The number of thiazole rings is 1. The first kappa shape index (κ1) is 14.1. The molecule has 1 amide bonds. The maximum Gasteiger partial charge on any atom is 0.221 e. The van der Waals surface area contributed by atoms with Gasteiger partial charge in [-0.05, 0) is 27.7 Å². The van der Waals surface area contributed by atoms with E-state index in [1.54, 1.807) is 11.3 Å². The molecule has 0 aliphatic rings. The van der Waals surface area contributed by atoms with E-state index in [2.05, 4.69) is 29.5 Å². The van der Waals surface area contributed by atoms with Gasteiger partial charge in [-0.25, -0.2) is 4.98 Å². The van der Waals surface area contributed by atoms with E-state index in [0.717, 1.165) is 10.7 Å². The van der Waals surface area contributed by atoms with Crippen molar-refractivity contribution in [3.63, 3.8) is 0 Å². The molecule has 96 valence electrons. The predicted octanol–water partition coefficient (Wildman–Crippen LogP) is 1.94. The first-order chi connectivity index (χ1) is 8.04. The lowest BCUT2D eigenvalue weighted by molar-refractivity contribution is -0.120. The summed E-state index contributed by atoms with van der Waals surface area (Å²) in [7, 11) is 0. The molecule has 0 aliphatic carbocycles. The number of rotatable bonds is 6. The molecular weight excluding hydrogens is 234 g/mol.